The number of aryl methyl sites for hydroxylation is 5. The summed E-state index contributed by atoms with van der Waals surface area (Å²) in [5, 5.41) is 14.3. The zero-order valence-corrected chi connectivity index (χ0v) is 33.6. The maximum absolute atomic E-state index is 15.5. The predicted octanol–water partition coefficient (Wildman–Crippen LogP) is 11.7. The Bertz CT molecular complexity index is 3270. The van der Waals surface area contributed by atoms with Gasteiger partial charge in [0.15, 0.2) is 11.6 Å². The number of hydrogen-bond acceptors (Lipinski definition) is 7. The summed E-state index contributed by atoms with van der Waals surface area (Å²) in [6.07, 6.45) is -4.73. The van der Waals surface area contributed by atoms with E-state index in [4.69, 9.17) is 0 Å². The molecule has 6 aromatic carbocycles. The lowest BCUT2D eigenvalue weighted by molar-refractivity contribution is -0.137. The van der Waals surface area contributed by atoms with Gasteiger partial charge in [0, 0.05) is 43.8 Å². The van der Waals surface area contributed by atoms with Gasteiger partial charge >= 0.3 is 6.18 Å². The van der Waals surface area contributed by atoms with Gasteiger partial charge in [-0.1, -0.05) is 72.8 Å². The van der Waals surface area contributed by atoms with Gasteiger partial charge in [0.1, 0.15) is 23.3 Å². The second-order valence-electron chi connectivity index (χ2n) is 15.2. The lowest BCUT2D eigenvalue weighted by Crippen LogP contribution is -2.12. The lowest BCUT2D eigenvalue weighted by Gasteiger charge is -2.24. The fraction of sp³-hybridized carbons (Fsp3) is 0.122. The number of alkyl halides is 3. The standard InChI is InChI=1S/C49H34F3N9/c1-26-11-10-14-38(49(50,51)52)45(26)46-43(60-39-15-8-6-12-34(39)36-19-17-32(23-41(36)60)47-56-27(2)54-28(3)57-47)21-31(25-53)22-44(46)61-40-16-9-7-13-35(40)37-20-18-33(24-42(37)61)48-58-29(4)55-30(5)59-48/h6-24H,1-5H3. The van der Waals surface area contributed by atoms with Crippen molar-refractivity contribution in [1.82, 2.24) is 39.0 Å². The molecule has 0 amide bonds. The third-order valence-corrected chi connectivity index (χ3v) is 11.1. The highest BCUT2D eigenvalue weighted by molar-refractivity contribution is 6.13. The summed E-state index contributed by atoms with van der Waals surface area (Å²) in [5.41, 5.74) is 5.25. The van der Waals surface area contributed by atoms with Crippen LogP contribution in [0.1, 0.15) is 40.0 Å². The van der Waals surface area contributed by atoms with Crippen LogP contribution in [0.5, 0.6) is 0 Å². The summed E-state index contributed by atoms with van der Waals surface area (Å²) in [5.74, 6) is 3.19. The molecule has 296 valence electrons. The molecule has 0 unspecified atom stereocenters. The molecule has 0 bridgehead atoms. The molecule has 12 heteroatoms. The monoisotopic (exact) mass is 805 g/mol. The molecule has 0 aliphatic rings. The van der Waals surface area contributed by atoms with E-state index >= 15 is 13.2 Å². The largest absolute Gasteiger partial charge is 0.417 e. The molecule has 0 radical (unpaired) electrons. The van der Waals surface area contributed by atoms with E-state index in [0.717, 1.165) is 38.6 Å². The highest BCUT2D eigenvalue weighted by Gasteiger charge is 2.36. The minimum atomic E-state index is -4.73. The van der Waals surface area contributed by atoms with Gasteiger partial charge in [-0.15, -0.1) is 0 Å². The molecule has 0 fully saturated rings. The summed E-state index contributed by atoms with van der Waals surface area (Å²) in [6, 6.07) is 37.3. The minimum Gasteiger partial charge on any atom is -0.308 e. The van der Waals surface area contributed by atoms with Crippen molar-refractivity contribution >= 4 is 43.6 Å². The molecule has 61 heavy (non-hydrogen) atoms. The Hall–Kier alpha value is -7.78. The van der Waals surface area contributed by atoms with Crippen molar-refractivity contribution in [3.63, 3.8) is 0 Å². The molecule has 0 saturated carbocycles. The zero-order chi connectivity index (χ0) is 42.3. The first-order valence-corrected chi connectivity index (χ1v) is 19.6. The molecule has 0 N–H and O–H groups in total. The van der Waals surface area contributed by atoms with E-state index in [-0.39, 0.29) is 11.1 Å². The van der Waals surface area contributed by atoms with Gasteiger partial charge in [-0.05, 0) is 82.6 Å². The molecule has 0 atom stereocenters. The number of aromatic nitrogens is 8. The first-order chi connectivity index (χ1) is 29.4. The first kappa shape index (κ1) is 37.5. The van der Waals surface area contributed by atoms with Crippen LogP contribution in [0.2, 0.25) is 0 Å². The molecule has 0 aliphatic carbocycles. The average molecular weight is 806 g/mol. The van der Waals surface area contributed by atoms with E-state index in [1.54, 1.807) is 52.8 Å². The maximum Gasteiger partial charge on any atom is 0.417 e. The molecule has 0 saturated heterocycles. The zero-order valence-electron chi connectivity index (χ0n) is 33.6. The number of benzene rings is 6. The minimum absolute atomic E-state index is 0.00101. The molecule has 0 aliphatic heterocycles. The van der Waals surface area contributed by atoms with E-state index < -0.39 is 11.7 Å². The van der Waals surface area contributed by atoms with Crippen LogP contribution in [0.4, 0.5) is 13.2 Å². The third-order valence-electron chi connectivity index (χ3n) is 11.1. The number of hydrogen-bond donors (Lipinski definition) is 0. The van der Waals surface area contributed by atoms with Crippen LogP contribution in [0.3, 0.4) is 0 Å². The molecule has 9 nitrogen and oxygen atoms in total. The normalized spacial score (nSPS) is 11.9. The lowest BCUT2D eigenvalue weighted by atomic mass is 9.90. The fourth-order valence-electron chi connectivity index (χ4n) is 8.75. The number of fused-ring (bicyclic) bond motifs is 6. The summed E-state index contributed by atoms with van der Waals surface area (Å²) >= 11 is 0. The Morgan fingerprint density at radius 3 is 1.36 bits per heavy atom. The fourth-order valence-corrected chi connectivity index (χ4v) is 8.75. The van der Waals surface area contributed by atoms with Crippen LogP contribution in [0.25, 0.3) is 88.9 Å². The van der Waals surface area contributed by atoms with Crippen LogP contribution in [-0.4, -0.2) is 39.0 Å². The van der Waals surface area contributed by atoms with Crippen LogP contribution in [0.15, 0.2) is 115 Å². The maximum atomic E-state index is 15.5. The van der Waals surface area contributed by atoms with Crippen molar-refractivity contribution in [3.8, 4) is 51.3 Å². The molecule has 10 rings (SSSR count). The van der Waals surface area contributed by atoms with Gasteiger partial charge in [0.2, 0.25) is 0 Å². The summed E-state index contributed by atoms with van der Waals surface area (Å²) in [6.45, 7) is 8.91. The van der Waals surface area contributed by atoms with Gasteiger partial charge in [-0.2, -0.15) is 18.4 Å². The van der Waals surface area contributed by atoms with Crippen LogP contribution >= 0.6 is 0 Å². The smallest absolute Gasteiger partial charge is 0.308 e. The Kier molecular flexibility index (Phi) is 8.55. The van der Waals surface area contributed by atoms with Crippen molar-refractivity contribution in [2.75, 3.05) is 0 Å². The third kappa shape index (κ3) is 6.16. The van der Waals surface area contributed by atoms with Gasteiger partial charge < -0.3 is 9.13 Å². The van der Waals surface area contributed by atoms with E-state index in [9.17, 15) is 5.26 Å². The number of nitrogens with zero attached hydrogens (tertiary/aromatic N) is 9. The van der Waals surface area contributed by atoms with Crippen molar-refractivity contribution < 1.29 is 13.2 Å². The molecule has 10 aromatic rings. The second-order valence-corrected chi connectivity index (χ2v) is 15.2. The second kappa shape index (κ2) is 13.9. The molecule has 4 aromatic heterocycles. The number of nitriles is 1. The molecule has 0 spiro atoms. The van der Waals surface area contributed by atoms with Crippen molar-refractivity contribution in [3.05, 3.63) is 155 Å². The Balaban J connectivity index is 1.40. The first-order valence-electron chi connectivity index (χ1n) is 19.6. The van der Waals surface area contributed by atoms with Crippen molar-refractivity contribution in [2.24, 2.45) is 0 Å². The van der Waals surface area contributed by atoms with Crippen LogP contribution in [-0.2, 0) is 6.18 Å². The quantitative estimate of drug-likeness (QED) is 0.170. The number of rotatable bonds is 5. The molecule has 4 heterocycles. The highest BCUT2D eigenvalue weighted by atomic mass is 19.4. The van der Waals surface area contributed by atoms with Gasteiger partial charge in [-0.3, -0.25) is 0 Å². The van der Waals surface area contributed by atoms with E-state index in [1.807, 2.05) is 94.1 Å². The SMILES string of the molecule is Cc1nc(C)nc(-c2ccc3c4ccccc4n(-c4cc(C#N)cc(-n5c6ccccc6c6ccc(-c7nc(C)nc(C)n7)cc65)c4-c4c(C)cccc4C(F)(F)F)c3c2)n1. The van der Waals surface area contributed by atoms with E-state index in [2.05, 4.69) is 36.0 Å². The Morgan fingerprint density at radius 2 is 0.918 bits per heavy atom. The molecular weight excluding hydrogens is 772 g/mol. The van der Waals surface area contributed by atoms with Gasteiger partial charge in [-0.25, -0.2) is 29.9 Å². The predicted molar refractivity (Wildman–Crippen MR) is 232 cm³/mol. The summed E-state index contributed by atoms with van der Waals surface area (Å²) < 4.78 is 50.5. The highest BCUT2D eigenvalue weighted by Crippen LogP contribution is 2.48. The van der Waals surface area contributed by atoms with Crippen molar-refractivity contribution in [1.29, 1.82) is 5.26 Å². The Labute approximate surface area is 347 Å². The van der Waals surface area contributed by atoms with Crippen LogP contribution < -0.4 is 0 Å². The number of para-hydroxylation sites is 2. The molecular formula is C49H34F3N9. The van der Waals surface area contributed by atoms with Crippen molar-refractivity contribution in [2.45, 2.75) is 40.8 Å². The summed E-state index contributed by atoms with van der Waals surface area (Å²) in [7, 11) is 0. The van der Waals surface area contributed by atoms with Gasteiger partial charge in [0.05, 0.1) is 50.6 Å². The number of halogens is 3. The average Bonchev–Trinajstić information content (AvgIpc) is 3.74. The van der Waals surface area contributed by atoms with E-state index in [1.165, 1.54) is 6.07 Å². The van der Waals surface area contributed by atoms with Gasteiger partial charge in [0.25, 0.3) is 0 Å². The van der Waals surface area contributed by atoms with E-state index in [0.29, 0.717) is 79.6 Å². The van der Waals surface area contributed by atoms with Crippen LogP contribution in [0, 0.1) is 45.9 Å². The topological polar surface area (TPSA) is 111 Å². The Morgan fingerprint density at radius 1 is 0.475 bits per heavy atom. The summed E-state index contributed by atoms with van der Waals surface area (Å²) in [4.78, 5) is 27.3.